The molecule has 0 bridgehead atoms. The lowest BCUT2D eigenvalue weighted by molar-refractivity contribution is -0.122. The monoisotopic (exact) mass is 376 g/mol. The van der Waals surface area contributed by atoms with Crippen LogP contribution in [0.2, 0.25) is 0 Å². The molecular weight excluding hydrogens is 356 g/mol. The molecule has 1 fully saturated rings. The van der Waals surface area contributed by atoms with Gasteiger partial charge in [0, 0.05) is 25.3 Å². The number of carbonyl (C=O) groups is 2. The van der Waals surface area contributed by atoms with Crippen molar-refractivity contribution in [2.24, 2.45) is 5.92 Å². The Morgan fingerprint density at radius 2 is 2.12 bits per heavy atom. The Kier molecular flexibility index (Phi) is 5.79. The van der Waals surface area contributed by atoms with E-state index >= 15 is 0 Å². The Morgan fingerprint density at radius 1 is 1.35 bits per heavy atom. The van der Waals surface area contributed by atoms with Crippen LogP contribution < -0.4 is 15.0 Å². The van der Waals surface area contributed by atoms with Gasteiger partial charge in [-0.15, -0.1) is 10.2 Å². The van der Waals surface area contributed by atoms with Gasteiger partial charge in [-0.2, -0.15) is 0 Å². The van der Waals surface area contributed by atoms with Crippen LogP contribution in [0.3, 0.4) is 0 Å². The van der Waals surface area contributed by atoms with E-state index in [-0.39, 0.29) is 18.2 Å². The van der Waals surface area contributed by atoms with Crippen molar-refractivity contribution in [3.05, 3.63) is 29.3 Å². The largest absolute Gasteiger partial charge is 0.497 e. The van der Waals surface area contributed by atoms with Crippen molar-refractivity contribution in [3.63, 3.8) is 0 Å². The molecule has 2 amide bonds. The first-order valence-corrected chi connectivity index (χ1v) is 9.07. The van der Waals surface area contributed by atoms with Gasteiger partial charge in [0.05, 0.1) is 13.0 Å². The van der Waals surface area contributed by atoms with E-state index in [1.165, 1.54) is 11.3 Å². The lowest BCUT2D eigenvalue weighted by Gasteiger charge is -2.16. The molecule has 1 saturated heterocycles. The average Bonchev–Trinajstić information content (AvgIpc) is 3.26. The minimum absolute atomic E-state index is 0.0791. The number of aromatic nitrogens is 2. The summed E-state index contributed by atoms with van der Waals surface area (Å²) in [6.45, 7) is 3.20. The molecule has 1 aliphatic heterocycles. The van der Waals surface area contributed by atoms with E-state index in [0.717, 1.165) is 5.69 Å². The smallest absolute Gasteiger partial charge is 0.231 e. The van der Waals surface area contributed by atoms with Crippen LogP contribution in [0.1, 0.15) is 18.4 Å². The maximum absolute atomic E-state index is 12.5. The first kappa shape index (κ1) is 18.3. The molecule has 1 N–H and O–H groups in total. The second-order valence-electron chi connectivity index (χ2n) is 5.73. The summed E-state index contributed by atoms with van der Waals surface area (Å²) in [4.78, 5) is 26.4. The standard InChI is InChI=1S/C17H20N4O4S/c1-3-25-10-14-19-20-17(26-14)18-16(23)11-8-15(22)21(9-11)12-4-6-13(24-2)7-5-12/h4-7,11H,3,8-10H2,1-2H3,(H,18,20,23)/t11-/m1/s1. The van der Waals surface area contributed by atoms with Crippen molar-refractivity contribution in [1.82, 2.24) is 10.2 Å². The summed E-state index contributed by atoms with van der Waals surface area (Å²) < 4.78 is 10.4. The quantitative estimate of drug-likeness (QED) is 0.795. The molecule has 1 aromatic carbocycles. The number of nitrogens with zero attached hydrogens (tertiary/aromatic N) is 3. The van der Waals surface area contributed by atoms with E-state index in [1.807, 2.05) is 19.1 Å². The highest BCUT2D eigenvalue weighted by atomic mass is 32.1. The molecule has 0 spiro atoms. The van der Waals surface area contributed by atoms with E-state index in [9.17, 15) is 9.59 Å². The van der Waals surface area contributed by atoms with Gasteiger partial charge in [0.25, 0.3) is 0 Å². The number of rotatable bonds is 7. The third-order valence-corrected chi connectivity index (χ3v) is 4.82. The van der Waals surface area contributed by atoms with E-state index < -0.39 is 5.92 Å². The Morgan fingerprint density at radius 3 is 2.81 bits per heavy atom. The molecule has 3 rings (SSSR count). The van der Waals surface area contributed by atoms with E-state index in [4.69, 9.17) is 9.47 Å². The highest BCUT2D eigenvalue weighted by molar-refractivity contribution is 7.15. The summed E-state index contributed by atoms with van der Waals surface area (Å²) >= 11 is 1.27. The first-order valence-electron chi connectivity index (χ1n) is 8.26. The van der Waals surface area contributed by atoms with Crippen LogP contribution in [0, 0.1) is 5.92 Å². The minimum atomic E-state index is -0.427. The van der Waals surface area contributed by atoms with Gasteiger partial charge in [0.2, 0.25) is 16.9 Å². The van der Waals surface area contributed by atoms with E-state index in [2.05, 4.69) is 15.5 Å². The van der Waals surface area contributed by atoms with Crippen LogP contribution in [-0.2, 0) is 20.9 Å². The third-order valence-electron chi connectivity index (χ3n) is 4.01. The molecular formula is C17H20N4O4S. The zero-order valence-electron chi connectivity index (χ0n) is 14.6. The lowest BCUT2D eigenvalue weighted by atomic mass is 10.1. The number of carbonyl (C=O) groups excluding carboxylic acids is 2. The molecule has 0 radical (unpaired) electrons. The molecule has 26 heavy (non-hydrogen) atoms. The maximum Gasteiger partial charge on any atom is 0.231 e. The summed E-state index contributed by atoms with van der Waals surface area (Å²) in [6, 6.07) is 7.19. The first-order chi connectivity index (χ1) is 12.6. The summed E-state index contributed by atoms with van der Waals surface area (Å²) in [7, 11) is 1.59. The number of hydrogen-bond acceptors (Lipinski definition) is 7. The predicted molar refractivity (Wildman–Crippen MR) is 97.3 cm³/mol. The maximum atomic E-state index is 12.5. The number of benzene rings is 1. The van der Waals surface area contributed by atoms with Crippen molar-refractivity contribution >= 4 is 34.0 Å². The summed E-state index contributed by atoms with van der Waals surface area (Å²) in [5.41, 5.74) is 0.751. The molecule has 8 nitrogen and oxygen atoms in total. The van der Waals surface area contributed by atoms with E-state index in [0.29, 0.717) is 35.6 Å². The Bertz CT molecular complexity index is 777. The van der Waals surface area contributed by atoms with Gasteiger partial charge in [0.15, 0.2) is 0 Å². The van der Waals surface area contributed by atoms with Crippen LogP contribution in [0.25, 0.3) is 0 Å². The van der Waals surface area contributed by atoms with Crippen LogP contribution >= 0.6 is 11.3 Å². The van der Waals surface area contributed by atoms with Crippen LogP contribution in [0.15, 0.2) is 24.3 Å². The van der Waals surface area contributed by atoms with Gasteiger partial charge in [-0.05, 0) is 31.2 Å². The normalized spacial score (nSPS) is 16.8. The number of amides is 2. The lowest BCUT2D eigenvalue weighted by Crippen LogP contribution is -2.28. The molecule has 0 unspecified atom stereocenters. The third kappa shape index (κ3) is 4.17. The molecule has 1 aliphatic rings. The molecule has 0 saturated carbocycles. The van der Waals surface area contributed by atoms with Crippen molar-refractivity contribution in [1.29, 1.82) is 0 Å². The Hall–Kier alpha value is -2.52. The van der Waals surface area contributed by atoms with Gasteiger partial charge in [-0.1, -0.05) is 11.3 Å². The fourth-order valence-electron chi connectivity index (χ4n) is 2.65. The number of anilines is 2. The van der Waals surface area contributed by atoms with Gasteiger partial charge in [0.1, 0.15) is 17.4 Å². The zero-order chi connectivity index (χ0) is 18.5. The number of hydrogen-bond donors (Lipinski definition) is 1. The van der Waals surface area contributed by atoms with Crippen LogP contribution in [-0.4, -0.2) is 42.3 Å². The number of ether oxygens (including phenoxy) is 2. The zero-order valence-corrected chi connectivity index (χ0v) is 15.4. The average molecular weight is 376 g/mol. The summed E-state index contributed by atoms with van der Waals surface area (Å²) in [5.74, 6) is -0.0178. The molecule has 0 aliphatic carbocycles. The fourth-order valence-corrected chi connectivity index (χ4v) is 3.33. The van der Waals surface area contributed by atoms with Crippen molar-refractivity contribution in [2.45, 2.75) is 20.0 Å². The van der Waals surface area contributed by atoms with Gasteiger partial charge < -0.3 is 19.7 Å². The minimum Gasteiger partial charge on any atom is -0.497 e. The SMILES string of the molecule is CCOCc1nnc(NC(=O)[C@@H]2CC(=O)N(c3ccc(OC)cc3)C2)s1. The number of methoxy groups -OCH3 is 1. The predicted octanol–water partition coefficient (Wildman–Crippen LogP) is 2.07. The molecule has 2 aromatic rings. The van der Waals surface area contributed by atoms with Crippen molar-refractivity contribution in [2.75, 3.05) is 30.5 Å². The highest BCUT2D eigenvalue weighted by Gasteiger charge is 2.35. The molecule has 9 heteroatoms. The van der Waals surface area contributed by atoms with Gasteiger partial charge >= 0.3 is 0 Å². The second kappa shape index (κ2) is 8.24. The van der Waals surface area contributed by atoms with E-state index in [1.54, 1.807) is 24.1 Å². The van der Waals surface area contributed by atoms with Crippen molar-refractivity contribution in [3.8, 4) is 5.75 Å². The van der Waals surface area contributed by atoms with Gasteiger partial charge in [-0.25, -0.2) is 0 Å². The fraction of sp³-hybridized carbons (Fsp3) is 0.412. The molecule has 2 heterocycles. The highest BCUT2D eigenvalue weighted by Crippen LogP contribution is 2.28. The topological polar surface area (TPSA) is 93.7 Å². The molecule has 1 aromatic heterocycles. The number of nitrogens with one attached hydrogen (secondary N) is 1. The van der Waals surface area contributed by atoms with Crippen LogP contribution in [0.5, 0.6) is 5.75 Å². The molecule has 138 valence electrons. The summed E-state index contributed by atoms with van der Waals surface area (Å²) in [6.07, 6.45) is 0.169. The Balaban J connectivity index is 1.60. The Labute approximate surface area is 155 Å². The second-order valence-corrected chi connectivity index (χ2v) is 6.79. The van der Waals surface area contributed by atoms with Crippen LogP contribution in [0.4, 0.5) is 10.8 Å². The molecule has 1 atom stereocenters. The van der Waals surface area contributed by atoms with Crippen molar-refractivity contribution < 1.29 is 19.1 Å². The van der Waals surface area contributed by atoms with Gasteiger partial charge in [-0.3, -0.25) is 9.59 Å². The summed E-state index contributed by atoms with van der Waals surface area (Å²) in [5, 5.41) is 11.8.